The highest BCUT2D eigenvalue weighted by Crippen LogP contribution is 2.29. The smallest absolute Gasteiger partial charge is 0.406 e. The molecular formula is C19H21F4N5OS. The number of anilines is 1. The summed E-state index contributed by atoms with van der Waals surface area (Å²) in [4.78, 5) is 7.26. The molecule has 1 aromatic carbocycles. The highest BCUT2D eigenvalue weighted by Gasteiger charge is 2.31. The molecule has 1 saturated heterocycles. The van der Waals surface area contributed by atoms with Gasteiger partial charge in [0.05, 0.1) is 11.9 Å². The Bertz CT molecular complexity index is 949. The molecule has 0 amide bonds. The zero-order valence-electron chi connectivity index (χ0n) is 16.0. The van der Waals surface area contributed by atoms with Crippen LogP contribution in [0.4, 0.5) is 22.7 Å². The predicted octanol–water partition coefficient (Wildman–Crippen LogP) is 4.45. The fraction of sp³-hybridized carbons (Fsp3) is 0.474. The Hall–Kier alpha value is -2.40. The van der Waals surface area contributed by atoms with E-state index in [2.05, 4.69) is 25.0 Å². The van der Waals surface area contributed by atoms with Crippen LogP contribution in [0.2, 0.25) is 0 Å². The molecule has 0 aliphatic carbocycles. The number of hydrogen-bond acceptors (Lipinski definition) is 6. The molecule has 3 heterocycles. The number of benzene rings is 1. The molecule has 0 saturated carbocycles. The summed E-state index contributed by atoms with van der Waals surface area (Å²) >= 11 is 1.38. The van der Waals surface area contributed by atoms with Crippen LogP contribution >= 0.6 is 11.3 Å². The van der Waals surface area contributed by atoms with E-state index in [1.807, 2.05) is 0 Å². The van der Waals surface area contributed by atoms with Gasteiger partial charge in [-0.2, -0.15) is 0 Å². The highest BCUT2D eigenvalue weighted by atomic mass is 32.1. The average molecular weight is 443 g/mol. The number of rotatable bonds is 7. The minimum absolute atomic E-state index is 0.288. The molecule has 30 heavy (non-hydrogen) atoms. The van der Waals surface area contributed by atoms with E-state index in [0.29, 0.717) is 28.7 Å². The van der Waals surface area contributed by atoms with Gasteiger partial charge in [0, 0.05) is 18.7 Å². The second-order valence-corrected chi connectivity index (χ2v) is 8.15. The molecule has 0 atom stereocenters. The fourth-order valence-electron chi connectivity index (χ4n) is 3.53. The summed E-state index contributed by atoms with van der Waals surface area (Å²) in [6, 6.07) is 5.71. The van der Waals surface area contributed by atoms with Gasteiger partial charge in [-0.15, -0.1) is 18.3 Å². The lowest BCUT2D eigenvalue weighted by Crippen LogP contribution is -2.37. The van der Waals surface area contributed by atoms with Crippen molar-refractivity contribution in [3.63, 3.8) is 0 Å². The van der Waals surface area contributed by atoms with Gasteiger partial charge in [-0.25, -0.2) is 13.9 Å². The Morgan fingerprint density at radius 3 is 2.73 bits per heavy atom. The minimum atomic E-state index is -4.74. The molecule has 1 aliphatic rings. The van der Waals surface area contributed by atoms with Crippen LogP contribution in [0, 0.1) is 5.92 Å². The van der Waals surface area contributed by atoms with Crippen molar-refractivity contribution in [1.29, 1.82) is 0 Å². The molecule has 1 fully saturated rings. The van der Waals surface area contributed by atoms with Crippen LogP contribution in [-0.4, -0.2) is 58.7 Å². The number of nitrogens with zero attached hydrogens (tertiary/aromatic N) is 4. The van der Waals surface area contributed by atoms with E-state index in [-0.39, 0.29) is 12.4 Å². The van der Waals surface area contributed by atoms with E-state index < -0.39 is 6.36 Å². The number of nitrogens with one attached hydrogen (secondary N) is 1. The first-order valence-corrected chi connectivity index (χ1v) is 10.5. The number of ether oxygens (including phenoxy) is 1. The van der Waals surface area contributed by atoms with Crippen molar-refractivity contribution >= 4 is 21.4 Å². The molecule has 162 valence electrons. The predicted molar refractivity (Wildman–Crippen MR) is 107 cm³/mol. The van der Waals surface area contributed by atoms with Crippen molar-refractivity contribution in [2.45, 2.75) is 19.2 Å². The van der Waals surface area contributed by atoms with Crippen LogP contribution in [0.25, 0.3) is 16.2 Å². The Balaban J connectivity index is 1.37. The Morgan fingerprint density at radius 1 is 1.23 bits per heavy atom. The number of piperidine rings is 1. The van der Waals surface area contributed by atoms with Crippen molar-refractivity contribution < 1.29 is 22.3 Å². The molecule has 1 aliphatic heterocycles. The van der Waals surface area contributed by atoms with Crippen molar-refractivity contribution in [3.8, 4) is 17.0 Å². The van der Waals surface area contributed by atoms with Crippen LogP contribution in [-0.2, 0) is 0 Å². The van der Waals surface area contributed by atoms with E-state index in [9.17, 15) is 17.6 Å². The maximum atomic E-state index is 12.4. The monoisotopic (exact) mass is 443 g/mol. The molecule has 0 bridgehead atoms. The van der Waals surface area contributed by atoms with Crippen molar-refractivity contribution in [2.75, 3.05) is 38.2 Å². The average Bonchev–Trinajstić information content (AvgIpc) is 3.25. The molecule has 0 radical (unpaired) electrons. The summed E-state index contributed by atoms with van der Waals surface area (Å²) < 4.78 is 55.3. The maximum absolute atomic E-state index is 12.4. The standard InChI is InChI=1S/C19H21F4N5OS/c20-6-9-27-7-4-13(5-8-27)11-24-17-26-28-12-16(25-18(28)30-17)14-2-1-3-15(10-14)29-19(21,22)23/h1-3,10,12-13H,4-9,11H2,(H,24,26). The number of imidazole rings is 1. The molecule has 0 unspecified atom stereocenters. The van der Waals surface area contributed by atoms with Gasteiger partial charge in [0.2, 0.25) is 10.1 Å². The SMILES string of the molecule is FCCN1CCC(CNc2nn3cc(-c4cccc(OC(F)(F)F)c4)nc3s2)CC1. The van der Waals surface area contributed by atoms with Crippen LogP contribution in [0.3, 0.4) is 0 Å². The van der Waals surface area contributed by atoms with Gasteiger partial charge in [0.15, 0.2) is 0 Å². The highest BCUT2D eigenvalue weighted by molar-refractivity contribution is 7.20. The fourth-order valence-corrected chi connectivity index (χ4v) is 4.32. The number of hydrogen-bond donors (Lipinski definition) is 1. The number of likely N-dealkylation sites (tertiary alicyclic amines) is 1. The van der Waals surface area contributed by atoms with E-state index in [0.717, 1.165) is 37.6 Å². The van der Waals surface area contributed by atoms with Crippen molar-refractivity contribution in [2.24, 2.45) is 5.92 Å². The van der Waals surface area contributed by atoms with Gasteiger partial charge in [-0.1, -0.05) is 23.5 Å². The molecule has 0 spiro atoms. The molecule has 2 aromatic heterocycles. The van der Waals surface area contributed by atoms with Gasteiger partial charge >= 0.3 is 6.36 Å². The van der Waals surface area contributed by atoms with Gasteiger partial charge in [0.25, 0.3) is 0 Å². The summed E-state index contributed by atoms with van der Waals surface area (Å²) in [5.74, 6) is 0.230. The normalized spacial score (nSPS) is 16.3. The van der Waals surface area contributed by atoms with E-state index in [1.165, 1.54) is 29.5 Å². The number of aromatic nitrogens is 3. The first-order valence-electron chi connectivity index (χ1n) is 9.64. The first-order chi connectivity index (χ1) is 14.4. The number of alkyl halides is 4. The summed E-state index contributed by atoms with van der Waals surface area (Å²) in [6.07, 6.45) is -1.01. The third kappa shape index (κ3) is 5.20. The Morgan fingerprint density at radius 2 is 2.03 bits per heavy atom. The molecule has 3 aromatic rings. The zero-order valence-corrected chi connectivity index (χ0v) is 16.8. The molecule has 11 heteroatoms. The summed E-state index contributed by atoms with van der Waals surface area (Å²) in [6.45, 7) is 2.83. The largest absolute Gasteiger partial charge is 0.573 e. The van der Waals surface area contributed by atoms with Gasteiger partial charge in [0.1, 0.15) is 12.4 Å². The second-order valence-electron chi connectivity index (χ2n) is 7.19. The van der Waals surface area contributed by atoms with Gasteiger partial charge in [-0.05, 0) is 44.0 Å². The molecule has 6 nitrogen and oxygen atoms in total. The first kappa shape index (κ1) is 20.9. The molecule has 1 N–H and O–H groups in total. The van der Waals surface area contributed by atoms with Crippen LogP contribution < -0.4 is 10.1 Å². The lowest BCUT2D eigenvalue weighted by molar-refractivity contribution is -0.274. The summed E-state index contributed by atoms with van der Waals surface area (Å²) in [5.41, 5.74) is 1.04. The zero-order chi connectivity index (χ0) is 21.1. The maximum Gasteiger partial charge on any atom is 0.573 e. The third-order valence-electron chi connectivity index (χ3n) is 5.06. The van der Waals surface area contributed by atoms with Crippen molar-refractivity contribution in [1.82, 2.24) is 19.5 Å². The molecule has 4 rings (SSSR count). The van der Waals surface area contributed by atoms with E-state index in [4.69, 9.17) is 0 Å². The topological polar surface area (TPSA) is 54.7 Å². The number of fused-ring (bicyclic) bond motifs is 1. The minimum Gasteiger partial charge on any atom is -0.406 e. The van der Waals surface area contributed by atoms with Crippen LogP contribution in [0.1, 0.15) is 12.8 Å². The van der Waals surface area contributed by atoms with Crippen LogP contribution in [0.5, 0.6) is 5.75 Å². The van der Waals surface area contributed by atoms with Gasteiger partial charge < -0.3 is 15.0 Å². The third-order valence-corrected chi connectivity index (χ3v) is 5.94. The Kier molecular flexibility index (Phi) is 6.09. The summed E-state index contributed by atoms with van der Waals surface area (Å²) in [7, 11) is 0. The van der Waals surface area contributed by atoms with E-state index >= 15 is 0 Å². The van der Waals surface area contributed by atoms with Crippen LogP contribution in [0.15, 0.2) is 30.5 Å². The summed E-state index contributed by atoms with van der Waals surface area (Å²) in [5, 5.41) is 8.54. The van der Waals surface area contributed by atoms with Crippen molar-refractivity contribution in [3.05, 3.63) is 30.5 Å². The van der Waals surface area contributed by atoms with E-state index in [1.54, 1.807) is 16.8 Å². The molecular weight excluding hydrogens is 422 g/mol. The lowest BCUT2D eigenvalue weighted by atomic mass is 9.97. The quantitative estimate of drug-likeness (QED) is 0.547. The number of halogens is 4. The van der Waals surface area contributed by atoms with Gasteiger partial charge in [-0.3, -0.25) is 0 Å². The Labute approximate surface area is 174 Å². The lowest BCUT2D eigenvalue weighted by Gasteiger charge is -2.31. The second kappa shape index (κ2) is 8.76.